The van der Waals surface area contributed by atoms with Gasteiger partial charge in [0, 0.05) is 6.42 Å². The Morgan fingerprint density at radius 3 is 2.34 bits per heavy atom. The number of carbonyl (C=O) groups excluding carboxylic acids is 1. The number of carboxylic acid groups (broad SMARTS) is 2. The maximum Gasteiger partial charge on any atom is 0.321 e. The van der Waals surface area contributed by atoms with Gasteiger partial charge in [-0.1, -0.05) is 20.8 Å². The van der Waals surface area contributed by atoms with Crippen LogP contribution in [0.15, 0.2) is 0 Å². The number of carboxylic acids is 2. The Kier molecular flexibility index (Phi) is 7.57. The molecule has 35 heavy (non-hydrogen) atoms. The predicted molar refractivity (Wildman–Crippen MR) is 131 cm³/mol. The van der Waals surface area contributed by atoms with Crippen molar-refractivity contribution in [2.24, 2.45) is 52.1 Å². The van der Waals surface area contributed by atoms with Gasteiger partial charge >= 0.3 is 17.9 Å². The number of nitrogens with two attached hydrogens (primary N) is 1. The first-order valence-corrected chi connectivity index (χ1v) is 13.9. The molecule has 198 valence electrons. The fraction of sp³-hybridized carbons (Fsp3) is 0.893. The molecular formula is C28H45NO6. The van der Waals surface area contributed by atoms with E-state index < -0.39 is 23.9 Å². The molecule has 7 nitrogen and oxygen atoms in total. The first-order valence-electron chi connectivity index (χ1n) is 13.9. The van der Waals surface area contributed by atoms with Crippen LogP contribution in [-0.2, 0) is 19.1 Å². The highest BCUT2D eigenvalue weighted by atomic mass is 16.5. The standard InChI is InChI=1S/C28H45NO6/c1-16(4-9-24(30)31)20-7-8-21-19-6-5-17-14-18(35-25(32)15-23(29)26(33)34)10-12-27(17,2)22(19)11-13-28(20,21)3/h16-23H,4-15,29H2,1-3H3,(H,30,31)(H,33,34)/t16-,17-,18+,19+,20-,21+,22+,23?,27+,28?/m1/s1. The Labute approximate surface area is 209 Å². The summed E-state index contributed by atoms with van der Waals surface area (Å²) in [5, 5.41) is 18.1. The zero-order chi connectivity index (χ0) is 25.5. The first-order chi connectivity index (χ1) is 16.5. The third-order valence-electron chi connectivity index (χ3n) is 11.2. The van der Waals surface area contributed by atoms with Crippen LogP contribution in [0.3, 0.4) is 0 Å². The molecule has 0 spiro atoms. The highest BCUT2D eigenvalue weighted by Crippen LogP contribution is 2.68. The second-order valence-electron chi connectivity index (χ2n) is 12.8. The lowest BCUT2D eigenvalue weighted by atomic mass is 9.44. The van der Waals surface area contributed by atoms with Crippen molar-refractivity contribution in [3.8, 4) is 0 Å². The summed E-state index contributed by atoms with van der Waals surface area (Å²) in [5.41, 5.74) is 6.11. The van der Waals surface area contributed by atoms with Crippen LogP contribution in [0, 0.1) is 46.3 Å². The van der Waals surface area contributed by atoms with Gasteiger partial charge in [-0.3, -0.25) is 14.4 Å². The zero-order valence-corrected chi connectivity index (χ0v) is 21.7. The second kappa shape index (κ2) is 10.0. The molecule has 10 atom stereocenters. The van der Waals surface area contributed by atoms with E-state index in [0.717, 1.165) is 37.5 Å². The van der Waals surface area contributed by atoms with Crippen molar-refractivity contribution >= 4 is 17.9 Å². The van der Waals surface area contributed by atoms with Gasteiger partial charge in [0.2, 0.25) is 0 Å². The average molecular weight is 492 g/mol. The number of carbonyl (C=O) groups is 3. The van der Waals surface area contributed by atoms with E-state index in [9.17, 15) is 14.4 Å². The Bertz CT molecular complexity index is 830. The van der Waals surface area contributed by atoms with Crippen molar-refractivity contribution in [3.63, 3.8) is 0 Å². The van der Waals surface area contributed by atoms with Crippen LogP contribution in [-0.4, -0.2) is 40.3 Å². The zero-order valence-electron chi connectivity index (χ0n) is 21.7. The average Bonchev–Trinajstić information content (AvgIpc) is 3.14. The van der Waals surface area contributed by atoms with Crippen LogP contribution in [0.2, 0.25) is 0 Å². The number of ether oxygens (including phenoxy) is 1. The van der Waals surface area contributed by atoms with Crippen LogP contribution in [0.5, 0.6) is 0 Å². The number of aliphatic carboxylic acids is 2. The number of rotatable bonds is 8. The van der Waals surface area contributed by atoms with Crippen molar-refractivity contribution in [1.29, 1.82) is 0 Å². The Morgan fingerprint density at radius 2 is 1.66 bits per heavy atom. The van der Waals surface area contributed by atoms with E-state index >= 15 is 0 Å². The van der Waals surface area contributed by atoms with Crippen LogP contribution in [0.4, 0.5) is 0 Å². The molecule has 4 aliphatic rings. The van der Waals surface area contributed by atoms with E-state index in [2.05, 4.69) is 20.8 Å². The van der Waals surface area contributed by atoms with Gasteiger partial charge in [-0.05, 0) is 111 Å². The molecule has 0 saturated heterocycles. The number of fused-ring (bicyclic) bond motifs is 5. The largest absolute Gasteiger partial charge is 0.481 e. The molecule has 0 radical (unpaired) electrons. The summed E-state index contributed by atoms with van der Waals surface area (Å²) >= 11 is 0. The highest BCUT2D eigenvalue weighted by molar-refractivity contribution is 5.81. The number of hydrogen-bond donors (Lipinski definition) is 3. The molecule has 7 heteroatoms. The summed E-state index contributed by atoms with van der Waals surface area (Å²) in [4.78, 5) is 34.3. The number of hydrogen-bond acceptors (Lipinski definition) is 5. The summed E-state index contributed by atoms with van der Waals surface area (Å²) < 4.78 is 5.68. The molecule has 0 bridgehead atoms. The lowest BCUT2D eigenvalue weighted by molar-refractivity contribution is -0.164. The van der Waals surface area contributed by atoms with Gasteiger partial charge in [0.25, 0.3) is 0 Å². The smallest absolute Gasteiger partial charge is 0.321 e. The normalized spacial score (nSPS) is 42.2. The molecule has 2 unspecified atom stereocenters. The summed E-state index contributed by atoms with van der Waals surface area (Å²) in [7, 11) is 0. The molecule has 4 fully saturated rings. The van der Waals surface area contributed by atoms with Crippen molar-refractivity contribution in [2.75, 3.05) is 0 Å². The van der Waals surface area contributed by atoms with Gasteiger partial charge in [0.05, 0.1) is 6.42 Å². The fourth-order valence-electron chi connectivity index (χ4n) is 9.35. The van der Waals surface area contributed by atoms with Crippen molar-refractivity contribution in [1.82, 2.24) is 0 Å². The molecule has 0 heterocycles. The van der Waals surface area contributed by atoms with Crippen LogP contribution in [0.25, 0.3) is 0 Å². The molecule has 4 N–H and O–H groups in total. The molecule has 0 aromatic heterocycles. The summed E-state index contributed by atoms with van der Waals surface area (Å²) in [6.45, 7) is 7.27. The molecule has 0 aromatic rings. The minimum absolute atomic E-state index is 0.127. The lowest BCUT2D eigenvalue weighted by Crippen LogP contribution is -2.54. The maximum atomic E-state index is 12.2. The monoisotopic (exact) mass is 491 g/mol. The van der Waals surface area contributed by atoms with Gasteiger partial charge in [-0.15, -0.1) is 0 Å². The number of esters is 1. The minimum atomic E-state index is -1.20. The van der Waals surface area contributed by atoms with E-state index in [1.807, 2.05) is 0 Å². The van der Waals surface area contributed by atoms with Crippen molar-refractivity contribution in [2.45, 2.75) is 110 Å². The first kappa shape index (κ1) is 26.4. The fourth-order valence-corrected chi connectivity index (χ4v) is 9.35. The maximum absolute atomic E-state index is 12.2. The van der Waals surface area contributed by atoms with E-state index in [1.165, 1.54) is 38.5 Å². The second-order valence-corrected chi connectivity index (χ2v) is 12.8. The SMILES string of the molecule is C[C@H](CCC(=O)O)[C@H]1CC[C@H]2[C@@H]3CC[C@@H]4C[C@@H](OC(=O)CC(N)C(=O)O)CC[C@]4(C)[C@H]3CCC12C. The van der Waals surface area contributed by atoms with Crippen molar-refractivity contribution < 1.29 is 29.3 Å². The van der Waals surface area contributed by atoms with Gasteiger partial charge in [0.15, 0.2) is 0 Å². The van der Waals surface area contributed by atoms with E-state index in [4.69, 9.17) is 20.7 Å². The van der Waals surface area contributed by atoms with Crippen LogP contribution < -0.4 is 5.73 Å². The molecule has 0 aliphatic heterocycles. The molecule has 0 aromatic carbocycles. The summed E-state index contributed by atoms with van der Waals surface area (Å²) in [5.74, 6) is 1.48. The third-order valence-corrected chi connectivity index (χ3v) is 11.2. The molecule has 0 amide bonds. The topological polar surface area (TPSA) is 127 Å². The summed E-state index contributed by atoms with van der Waals surface area (Å²) in [6.07, 6.45) is 10.9. The minimum Gasteiger partial charge on any atom is -0.481 e. The quantitative estimate of drug-likeness (QED) is 0.414. The van der Waals surface area contributed by atoms with Gasteiger partial charge < -0.3 is 20.7 Å². The Hall–Kier alpha value is -1.63. The highest BCUT2D eigenvalue weighted by Gasteiger charge is 2.60. The Morgan fingerprint density at radius 1 is 0.971 bits per heavy atom. The van der Waals surface area contributed by atoms with E-state index in [0.29, 0.717) is 29.1 Å². The third kappa shape index (κ3) is 4.99. The lowest BCUT2D eigenvalue weighted by Gasteiger charge is -2.61. The summed E-state index contributed by atoms with van der Waals surface area (Å²) in [6, 6.07) is -1.20. The molecule has 4 aliphatic carbocycles. The Balaban J connectivity index is 1.39. The van der Waals surface area contributed by atoms with Gasteiger partial charge in [0.1, 0.15) is 12.1 Å². The molecular weight excluding hydrogens is 446 g/mol. The van der Waals surface area contributed by atoms with Crippen LogP contribution >= 0.6 is 0 Å². The van der Waals surface area contributed by atoms with Gasteiger partial charge in [-0.25, -0.2) is 0 Å². The predicted octanol–water partition coefficient (Wildman–Crippen LogP) is 4.86. The van der Waals surface area contributed by atoms with Crippen LogP contribution in [0.1, 0.15) is 97.8 Å². The van der Waals surface area contributed by atoms with E-state index in [-0.39, 0.29) is 24.4 Å². The van der Waals surface area contributed by atoms with E-state index in [1.54, 1.807) is 0 Å². The van der Waals surface area contributed by atoms with Crippen molar-refractivity contribution in [3.05, 3.63) is 0 Å². The van der Waals surface area contributed by atoms with Gasteiger partial charge in [-0.2, -0.15) is 0 Å². The molecule has 4 rings (SSSR count). The molecule has 4 saturated carbocycles.